The zero-order chi connectivity index (χ0) is 28.8. The summed E-state index contributed by atoms with van der Waals surface area (Å²) < 4.78 is 81.9. The molecule has 0 aromatic carbocycles. The van der Waals surface area contributed by atoms with Gasteiger partial charge in [-0.25, -0.2) is 4.39 Å². The summed E-state index contributed by atoms with van der Waals surface area (Å²) in [5.74, 6) is -0.894. The second-order valence-electron chi connectivity index (χ2n) is 11.7. The average molecular weight is 677 g/mol. The van der Waals surface area contributed by atoms with Crippen molar-refractivity contribution in [3.63, 3.8) is 0 Å². The minimum atomic E-state index is -4.47. The smallest absolute Gasteiger partial charge is 0.397 e. The minimum absolute atomic E-state index is 0.0555. The molecule has 0 aromatic heterocycles. The lowest BCUT2D eigenvalue weighted by atomic mass is 9.77. The molecule has 1 saturated carbocycles. The molecule has 226 valence electrons. The highest BCUT2D eigenvalue weighted by Crippen LogP contribution is 2.51. The fourth-order valence-electron chi connectivity index (χ4n) is 6.29. The molecule has 3 rings (SSSR count). The third-order valence-electron chi connectivity index (χ3n) is 8.86. The van der Waals surface area contributed by atoms with Gasteiger partial charge in [-0.2, -0.15) is 13.2 Å². The van der Waals surface area contributed by atoms with Gasteiger partial charge in [-0.1, -0.05) is 61.4 Å². The van der Waals surface area contributed by atoms with E-state index in [0.29, 0.717) is 45.1 Å². The van der Waals surface area contributed by atoms with E-state index in [1.807, 2.05) is 13.8 Å². The lowest BCUT2D eigenvalue weighted by molar-refractivity contribution is -0.279. The maximum atomic E-state index is 15.9. The van der Waals surface area contributed by atoms with Gasteiger partial charge in [0.2, 0.25) is 0 Å². The van der Waals surface area contributed by atoms with Crippen LogP contribution in [0, 0.1) is 23.2 Å². The number of halogens is 5. The number of fused-ring (bicyclic) bond motifs is 1. The topological polar surface area (TPSA) is 54.0 Å². The highest BCUT2D eigenvalue weighted by molar-refractivity contribution is 14.1. The monoisotopic (exact) mass is 676 g/mol. The summed E-state index contributed by atoms with van der Waals surface area (Å²) >= 11 is 2.19. The van der Waals surface area contributed by atoms with Crippen LogP contribution in [0.5, 0.6) is 0 Å². The molecule has 5 nitrogen and oxygen atoms in total. The number of carbonyl (C=O) groups is 1. The van der Waals surface area contributed by atoms with E-state index in [1.165, 1.54) is 14.0 Å². The highest BCUT2D eigenvalue weighted by Gasteiger charge is 2.57. The standard InChI is InChI=1S/C29H45F4IO5/c1-5-6-15-28(3,29(31,32)33)22(39-24-12-7-8-16-37-24)14-13-19-18(2)17-21-25(19)26(30)27(38-21)20(34)10-9-11-23(35)36-4/h13-14,18-22,24-27H,5-12,15-17H2,1-4H3/b14-13+/t18-,19+,20?,21-,22-,24?,25-,26?,27+,28?/m1/s1. The Balaban J connectivity index is 1.78. The molecule has 0 N–H and O–H groups in total. The quantitative estimate of drug-likeness (QED) is 0.0657. The molecular weight excluding hydrogens is 631 g/mol. The van der Waals surface area contributed by atoms with Crippen molar-refractivity contribution in [3.8, 4) is 0 Å². The Hall–Kier alpha value is -0.460. The molecular formula is C29H45F4IO5. The normalized spacial score (nSPS) is 34.5. The number of ether oxygens (including phenoxy) is 4. The summed E-state index contributed by atoms with van der Waals surface area (Å²) in [6.45, 7) is 5.60. The van der Waals surface area contributed by atoms with Crippen LogP contribution in [0.3, 0.4) is 0 Å². The van der Waals surface area contributed by atoms with Crippen molar-refractivity contribution in [2.45, 2.75) is 126 Å². The van der Waals surface area contributed by atoms with Gasteiger partial charge in [0.15, 0.2) is 6.29 Å². The Kier molecular flexibility index (Phi) is 12.4. The van der Waals surface area contributed by atoms with E-state index in [0.717, 1.165) is 12.8 Å². The molecule has 0 amide bonds. The molecule has 39 heavy (non-hydrogen) atoms. The molecule has 10 atom stereocenters. The molecule has 2 aliphatic heterocycles. The minimum Gasteiger partial charge on any atom is -0.469 e. The van der Waals surface area contributed by atoms with E-state index in [4.69, 9.17) is 14.2 Å². The van der Waals surface area contributed by atoms with Gasteiger partial charge >= 0.3 is 12.1 Å². The molecule has 0 aromatic rings. The van der Waals surface area contributed by atoms with Crippen LogP contribution in [0.1, 0.15) is 85.0 Å². The maximum Gasteiger partial charge on any atom is 0.397 e. The van der Waals surface area contributed by atoms with Crippen molar-refractivity contribution in [1.29, 1.82) is 0 Å². The van der Waals surface area contributed by atoms with Crippen molar-refractivity contribution in [2.75, 3.05) is 13.7 Å². The Morgan fingerprint density at radius 1 is 1.23 bits per heavy atom. The van der Waals surface area contributed by atoms with E-state index in [1.54, 1.807) is 12.2 Å². The van der Waals surface area contributed by atoms with E-state index >= 15 is 4.39 Å². The average Bonchev–Trinajstić information content (AvgIpc) is 3.38. The number of hydrogen-bond donors (Lipinski definition) is 0. The summed E-state index contributed by atoms with van der Waals surface area (Å²) in [4.78, 5) is 11.4. The molecule has 0 radical (unpaired) electrons. The van der Waals surface area contributed by atoms with Crippen molar-refractivity contribution in [3.05, 3.63) is 12.2 Å². The molecule has 3 fully saturated rings. The molecule has 3 aliphatic rings. The third kappa shape index (κ3) is 8.09. The first-order valence-corrected chi connectivity index (χ1v) is 15.7. The fraction of sp³-hybridized carbons (Fsp3) is 0.897. The van der Waals surface area contributed by atoms with E-state index in [-0.39, 0.29) is 40.7 Å². The Morgan fingerprint density at radius 3 is 2.59 bits per heavy atom. The SMILES string of the molecule is CCCCC(C)([C@@H](/C=C/[C@@H]1[C@H]2C(F)[C@H](C(I)CCCC(=O)OC)O[C@@H]2C[C@H]1C)OC1CCCCO1)C(F)(F)F. The van der Waals surface area contributed by atoms with Crippen molar-refractivity contribution >= 4 is 28.6 Å². The highest BCUT2D eigenvalue weighted by atomic mass is 127. The first-order valence-electron chi connectivity index (χ1n) is 14.5. The van der Waals surface area contributed by atoms with Gasteiger partial charge in [-0.05, 0) is 63.7 Å². The van der Waals surface area contributed by atoms with Gasteiger partial charge in [-0.3, -0.25) is 4.79 Å². The summed E-state index contributed by atoms with van der Waals surface area (Å²) in [5, 5.41) is 0. The molecule has 0 bridgehead atoms. The number of hydrogen-bond acceptors (Lipinski definition) is 5. The largest absolute Gasteiger partial charge is 0.469 e. The summed E-state index contributed by atoms with van der Waals surface area (Å²) in [6.07, 6.45) is 0.255. The molecule has 10 heteroatoms. The zero-order valence-electron chi connectivity index (χ0n) is 23.6. The predicted octanol–water partition coefficient (Wildman–Crippen LogP) is 7.74. The predicted molar refractivity (Wildman–Crippen MR) is 149 cm³/mol. The van der Waals surface area contributed by atoms with Crippen LogP contribution in [0.15, 0.2) is 12.2 Å². The number of carbonyl (C=O) groups excluding carboxylic acids is 1. The maximum absolute atomic E-state index is 15.9. The molecule has 4 unspecified atom stereocenters. The van der Waals surface area contributed by atoms with Crippen LogP contribution in [-0.4, -0.2) is 60.6 Å². The lowest BCUT2D eigenvalue weighted by Gasteiger charge is -2.40. The van der Waals surface area contributed by atoms with E-state index < -0.39 is 42.2 Å². The van der Waals surface area contributed by atoms with Gasteiger partial charge in [0.1, 0.15) is 12.3 Å². The van der Waals surface area contributed by atoms with Crippen LogP contribution in [0.2, 0.25) is 0 Å². The van der Waals surface area contributed by atoms with E-state index in [9.17, 15) is 18.0 Å². The van der Waals surface area contributed by atoms with Crippen molar-refractivity contribution in [2.24, 2.45) is 23.2 Å². The molecule has 2 heterocycles. The van der Waals surface area contributed by atoms with Gasteiger partial charge in [0, 0.05) is 22.9 Å². The first kappa shape index (κ1) is 33.0. The van der Waals surface area contributed by atoms with Crippen molar-refractivity contribution < 1.29 is 41.3 Å². The Bertz CT molecular complexity index is 805. The van der Waals surface area contributed by atoms with Gasteiger partial charge in [0.25, 0.3) is 0 Å². The number of rotatable bonds is 13. The fourth-order valence-corrected chi connectivity index (χ4v) is 7.29. The second-order valence-corrected chi connectivity index (χ2v) is 13.3. The first-order chi connectivity index (χ1) is 18.4. The molecule has 1 aliphatic carbocycles. The van der Waals surface area contributed by atoms with E-state index in [2.05, 4.69) is 27.3 Å². The van der Waals surface area contributed by atoms with Gasteiger partial charge < -0.3 is 18.9 Å². The van der Waals surface area contributed by atoms with Crippen LogP contribution >= 0.6 is 22.6 Å². The number of allylic oxidation sites excluding steroid dienone is 1. The summed E-state index contributed by atoms with van der Waals surface area (Å²) in [5.41, 5.74) is -2.08. The number of unbranched alkanes of at least 4 members (excludes halogenated alkanes) is 1. The van der Waals surface area contributed by atoms with Gasteiger partial charge in [0.05, 0.1) is 24.7 Å². The van der Waals surface area contributed by atoms with Crippen LogP contribution in [-0.2, 0) is 23.7 Å². The summed E-state index contributed by atoms with van der Waals surface area (Å²) in [7, 11) is 1.34. The number of methoxy groups -OCH3 is 1. The second kappa shape index (κ2) is 14.6. The molecule has 2 saturated heterocycles. The van der Waals surface area contributed by atoms with Gasteiger partial charge in [-0.15, -0.1) is 0 Å². The number of esters is 1. The van der Waals surface area contributed by atoms with Crippen LogP contribution < -0.4 is 0 Å². The number of alkyl halides is 5. The lowest BCUT2D eigenvalue weighted by Crippen LogP contribution is -2.47. The Labute approximate surface area is 244 Å². The third-order valence-corrected chi connectivity index (χ3v) is 10.2. The summed E-state index contributed by atoms with van der Waals surface area (Å²) in [6, 6.07) is 0. The Morgan fingerprint density at radius 2 is 1.97 bits per heavy atom. The van der Waals surface area contributed by atoms with Crippen LogP contribution in [0.25, 0.3) is 0 Å². The van der Waals surface area contributed by atoms with Crippen molar-refractivity contribution in [1.82, 2.24) is 0 Å². The molecule has 0 spiro atoms. The zero-order valence-corrected chi connectivity index (χ0v) is 25.7. The van der Waals surface area contributed by atoms with Crippen LogP contribution in [0.4, 0.5) is 17.6 Å².